The number of hydrogen-bond acceptors (Lipinski definition) is 5. The largest absolute Gasteiger partial charge is 0.490 e. The summed E-state index contributed by atoms with van der Waals surface area (Å²) in [4.78, 5) is 8.91. The molecule has 0 aliphatic carbocycles. The molecule has 29 heavy (non-hydrogen) atoms. The summed E-state index contributed by atoms with van der Waals surface area (Å²) < 4.78 is 11.5. The first-order valence-electron chi connectivity index (χ1n) is 9.71. The lowest BCUT2D eigenvalue weighted by molar-refractivity contribution is 0.297. The van der Waals surface area contributed by atoms with Gasteiger partial charge in [-0.15, -0.1) is 0 Å². The minimum absolute atomic E-state index is 0.530. The van der Waals surface area contributed by atoms with Gasteiger partial charge in [-0.1, -0.05) is 18.2 Å². The van der Waals surface area contributed by atoms with Crippen molar-refractivity contribution in [1.29, 1.82) is 0 Å². The Labute approximate surface area is 169 Å². The molecular formula is C21H24N6O2. The van der Waals surface area contributed by atoms with Gasteiger partial charge in [-0.3, -0.25) is 5.10 Å². The lowest BCUT2D eigenvalue weighted by Crippen LogP contribution is -2.30. The summed E-state index contributed by atoms with van der Waals surface area (Å²) in [7, 11) is 0. The predicted octanol–water partition coefficient (Wildman–Crippen LogP) is 3.21. The van der Waals surface area contributed by atoms with E-state index in [0.29, 0.717) is 25.7 Å². The maximum atomic E-state index is 5.77. The maximum Gasteiger partial charge on any atom is 0.196 e. The van der Waals surface area contributed by atoms with Gasteiger partial charge in [-0.05, 0) is 30.7 Å². The van der Waals surface area contributed by atoms with E-state index >= 15 is 0 Å². The molecule has 0 saturated carbocycles. The lowest BCUT2D eigenvalue weighted by Gasteiger charge is -2.14. The van der Waals surface area contributed by atoms with Crippen LogP contribution in [0.2, 0.25) is 0 Å². The van der Waals surface area contributed by atoms with E-state index in [-0.39, 0.29) is 0 Å². The highest BCUT2D eigenvalue weighted by atomic mass is 16.5. The Morgan fingerprint density at radius 2 is 2.03 bits per heavy atom. The molecule has 4 rings (SSSR count). The fourth-order valence-corrected chi connectivity index (χ4v) is 3.02. The quantitative estimate of drug-likeness (QED) is 0.456. The van der Waals surface area contributed by atoms with Crippen molar-refractivity contribution < 1.29 is 9.47 Å². The van der Waals surface area contributed by atoms with Crippen LogP contribution >= 0.6 is 0 Å². The van der Waals surface area contributed by atoms with Crippen molar-refractivity contribution in [3.63, 3.8) is 0 Å². The molecule has 0 saturated heterocycles. The highest BCUT2D eigenvalue weighted by Gasteiger charge is 2.11. The van der Waals surface area contributed by atoms with Gasteiger partial charge in [0, 0.05) is 30.3 Å². The van der Waals surface area contributed by atoms with Crippen LogP contribution in [0.4, 0.5) is 5.69 Å². The number of rotatable bonds is 5. The second kappa shape index (κ2) is 9.09. The maximum absolute atomic E-state index is 5.77. The molecule has 3 N–H and O–H groups in total. The van der Waals surface area contributed by atoms with Crippen molar-refractivity contribution in [2.45, 2.75) is 19.9 Å². The predicted molar refractivity (Wildman–Crippen MR) is 112 cm³/mol. The van der Waals surface area contributed by atoms with Crippen molar-refractivity contribution in [1.82, 2.24) is 20.5 Å². The molecule has 2 heterocycles. The van der Waals surface area contributed by atoms with Crippen molar-refractivity contribution >= 4 is 11.6 Å². The minimum Gasteiger partial charge on any atom is -0.490 e. The Bertz CT molecular complexity index is 971. The average molecular weight is 392 g/mol. The number of H-pyrrole nitrogens is 1. The smallest absolute Gasteiger partial charge is 0.196 e. The molecule has 8 heteroatoms. The van der Waals surface area contributed by atoms with E-state index in [1.165, 1.54) is 6.33 Å². The Kier molecular flexibility index (Phi) is 5.89. The van der Waals surface area contributed by atoms with E-state index in [2.05, 4.69) is 31.9 Å². The lowest BCUT2D eigenvalue weighted by atomic mass is 10.1. The first-order valence-corrected chi connectivity index (χ1v) is 9.71. The van der Waals surface area contributed by atoms with Crippen molar-refractivity contribution in [2.24, 2.45) is 4.99 Å². The van der Waals surface area contributed by atoms with Crippen LogP contribution in [0.5, 0.6) is 11.5 Å². The van der Waals surface area contributed by atoms with Crippen LogP contribution in [0.15, 0.2) is 53.8 Å². The molecule has 8 nitrogen and oxygen atoms in total. The van der Waals surface area contributed by atoms with E-state index in [1.807, 2.05) is 43.3 Å². The first kappa shape index (κ1) is 18.8. The highest BCUT2D eigenvalue weighted by Crippen LogP contribution is 2.32. The Morgan fingerprint density at radius 3 is 2.86 bits per heavy atom. The molecule has 0 amide bonds. The van der Waals surface area contributed by atoms with Crippen LogP contribution in [0.1, 0.15) is 18.9 Å². The molecule has 0 spiro atoms. The Morgan fingerprint density at radius 1 is 1.14 bits per heavy atom. The Balaban J connectivity index is 1.48. The summed E-state index contributed by atoms with van der Waals surface area (Å²) in [5, 5.41) is 13.4. The number of fused-ring (bicyclic) bond motifs is 1. The van der Waals surface area contributed by atoms with Crippen LogP contribution in [-0.4, -0.2) is 40.9 Å². The monoisotopic (exact) mass is 392 g/mol. The molecule has 0 atom stereocenters. The van der Waals surface area contributed by atoms with Crippen molar-refractivity contribution in [3.8, 4) is 22.9 Å². The summed E-state index contributed by atoms with van der Waals surface area (Å²) in [6.07, 6.45) is 2.39. The van der Waals surface area contributed by atoms with Gasteiger partial charge in [0.2, 0.25) is 0 Å². The summed E-state index contributed by atoms with van der Waals surface area (Å²) in [6.45, 7) is 4.66. The number of aromatic amines is 1. The second-order valence-corrected chi connectivity index (χ2v) is 6.57. The molecule has 0 radical (unpaired) electrons. The molecule has 1 aliphatic rings. The van der Waals surface area contributed by atoms with Crippen LogP contribution in [-0.2, 0) is 6.54 Å². The Hall–Kier alpha value is -3.55. The molecule has 150 valence electrons. The van der Waals surface area contributed by atoms with E-state index in [1.54, 1.807) is 0 Å². The van der Waals surface area contributed by atoms with Gasteiger partial charge in [-0.25, -0.2) is 9.98 Å². The molecule has 2 aromatic carbocycles. The van der Waals surface area contributed by atoms with Gasteiger partial charge in [-0.2, -0.15) is 5.10 Å². The fourth-order valence-electron chi connectivity index (χ4n) is 3.02. The zero-order valence-corrected chi connectivity index (χ0v) is 16.3. The summed E-state index contributed by atoms with van der Waals surface area (Å²) >= 11 is 0. The number of benzene rings is 2. The van der Waals surface area contributed by atoms with Gasteiger partial charge in [0.1, 0.15) is 6.33 Å². The third kappa shape index (κ3) is 4.84. The summed E-state index contributed by atoms with van der Waals surface area (Å²) in [5.41, 5.74) is 2.95. The van der Waals surface area contributed by atoms with Crippen molar-refractivity contribution in [3.05, 3.63) is 54.4 Å². The molecule has 1 aliphatic heterocycles. The summed E-state index contributed by atoms with van der Waals surface area (Å²) in [6, 6.07) is 13.9. The van der Waals surface area contributed by atoms with E-state index < -0.39 is 0 Å². The number of guanidine groups is 1. The van der Waals surface area contributed by atoms with Gasteiger partial charge in [0.05, 0.1) is 19.8 Å². The van der Waals surface area contributed by atoms with Crippen LogP contribution in [0.3, 0.4) is 0 Å². The zero-order valence-electron chi connectivity index (χ0n) is 16.3. The van der Waals surface area contributed by atoms with Crippen LogP contribution in [0.25, 0.3) is 11.4 Å². The SMILES string of the molecule is CCNC(=NCc1cccc(-c2ncn[nH]2)c1)Nc1ccc2c(c1)OCCCO2. The summed E-state index contributed by atoms with van der Waals surface area (Å²) in [5.74, 6) is 2.97. The van der Waals surface area contributed by atoms with Gasteiger partial charge in [0.15, 0.2) is 23.3 Å². The number of aliphatic imine (C=N–C) groups is 1. The van der Waals surface area contributed by atoms with E-state index in [0.717, 1.165) is 47.1 Å². The minimum atomic E-state index is 0.530. The molecular weight excluding hydrogens is 368 g/mol. The number of nitrogens with zero attached hydrogens (tertiary/aromatic N) is 3. The van der Waals surface area contributed by atoms with Gasteiger partial charge < -0.3 is 20.1 Å². The normalized spacial score (nSPS) is 13.6. The number of aromatic nitrogens is 3. The molecule has 1 aromatic heterocycles. The third-order valence-electron chi connectivity index (χ3n) is 4.39. The number of hydrogen-bond donors (Lipinski definition) is 3. The first-order chi connectivity index (χ1) is 14.3. The number of ether oxygens (including phenoxy) is 2. The number of nitrogens with one attached hydrogen (secondary N) is 3. The van der Waals surface area contributed by atoms with Crippen molar-refractivity contribution in [2.75, 3.05) is 25.1 Å². The van der Waals surface area contributed by atoms with Gasteiger partial charge >= 0.3 is 0 Å². The molecule has 0 unspecified atom stereocenters. The van der Waals surface area contributed by atoms with Crippen LogP contribution < -0.4 is 20.1 Å². The molecule has 3 aromatic rings. The van der Waals surface area contributed by atoms with E-state index in [4.69, 9.17) is 14.5 Å². The highest BCUT2D eigenvalue weighted by molar-refractivity contribution is 5.93. The molecule has 0 fully saturated rings. The fraction of sp³-hybridized carbons (Fsp3) is 0.286. The molecule has 0 bridgehead atoms. The van der Waals surface area contributed by atoms with Gasteiger partial charge in [0.25, 0.3) is 0 Å². The topological polar surface area (TPSA) is 96.5 Å². The standard InChI is InChI=1S/C21H24N6O2/c1-2-22-21(26-17-7-8-18-19(12-17)29-10-4-9-28-18)23-13-15-5-3-6-16(11-15)20-24-14-25-27-20/h3,5-8,11-12,14H,2,4,9-10,13H2,1H3,(H2,22,23,26)(H,24,25,27). The average Bonchev–Trinajstić information content (AvgIpc) is 3.19. The zero-order chi connectivity index (χ0) is 19.9. The van der Waals surface area contributed by atoms with E-state index in [9.17, 15) is 0 Å². The third-order valence-corrected chi connectivity index (χ3v) is 4.39. The second-order valence-electron chi connectivity index (χ2n) is 6.57. The van der Waals surface area contributed by atoms with Crippen LogP contribution in [0, 0.1) is 0 Å². The number of anilines is 1.